The summed E-state index contributed by atoms with van der Waals surface area (Å²) in [7, 11) is 0. The largest absolute Gasteiger partial charge is 0.416 e. The number of nitrogens with two attached hydrogens (primary N) is 1. The average Bonchev–Trinajstić information content (AvgIpc) is 2.35. The fraction of sp³-hybridized carbons (Fsp3) is 0.500. The fourth-order valence-electron chi connectivity index (χ4n) is 1.46. The van der Waals surface area contributed by atoms with Crippen LogP contribution >= 0.6 is 12.4 Å². The Hall–Kier alpha value is -0.820. The van der Waals surface area contributed by atoms with Crippen molar-refractivity contribution in [3.8, 4) is 0 Å². The molecule has 110 valence electrons. The van der Waals surface area contributed by atoms with Gasteiger partial charge in [-0.2, -0.15) is 13.2 Å². The quantitative estimate of drug-likeness (QED) is 0.776. The summed E-state index contributed by atoms with van der Waals surface area (Å²) in [6, 6.07) is 4.76. The second kappa shape index (κ2) is 7.09. The van der Waals surface area contributed by atoms with E-state index in [1.54, 1.807) is 0 Å². The lowest BCUT2D eigenvalue weighted by atomic mass is 9.94. The maximum absolute atomic E-state index is 12.3. The van der Waals surface area contributed by atoms with Crippen LogP contribution in [-0.4, -0.2) is 29.0 Å². The first kappa shape index (κ1) is 18.2. The average molecular weight is 300 g/mol. The lowest BCUT2D eigenvalue weighted by molar-refractivity contribution is -0.137. The van der Waals surface area contributed by atoms with E-state index in [9.17, 15) is 13.2 Å². The SMILES string of the molecule is Cl.NC(CO)(CO)CCc1ccc(C(F)(F)F)cc1. The lowest BCUT2D eigenvalue weighted by Crippen LogP contribution is -2.47. The predicted octanol–water partition coefficient (Wildman–Crippen LogP) is 1.74. The molecule has 0 aliphatic carbocycles. The Labute approximate surface area is 115 Å². The molecular formula is C12H17ClF3NO2. The van der Waals surface area contributed by atoms with Gasteiger partial charge in [-0.25, -0.2) is 0 Å². The van der Waals surface area contributed by atoms with Gasteiger partial charge in [0.2, 0.25) is 0 Å². The van der Waals surface area contributed by atoms with Gasteiger partial charge in [0.25, 0.3) is 0 Å². The molecule has 0 amide bonds. The van der Waals surface area contributed by atoms with Crippen molar-refractivity contribution >= 4 is 12.4 Å². The highest BCUT2D eigenvalue weighted by atomic mass is 35.5. The maximum atomic E-state index is 12.3. The van der Waals surface area contributed by atoms with Crippen molar-refractivity contribution in [1.82, 2.24) is 0 Å². The van der Waals surface area contributed by atoms with Crippen LogP contribution in [0.25, 0.3) is 0 Å². The molecule has 1 aromatic carbocycles. The molecule has 0 atom stereocenters. The van der Waals surface area contributed by atoms with Crippen molar-refractivity contribution in [2.75, 3.05) is 13.2 Å². The normalized spacial score (nSPS) is 12.1. The van der Waals surface area contributed by atoms with E-state index < -0.39 is 17.3 Å². The van der Waals surface area contributed by atoms with E-state index in [2.05, 4.69) is 0 Å². The van der Waals surface area contributed by atoms with E-state index in [0.29, 0.717) is 18.4 Å². The molecule has 0 aliphatic rings. The van der Waals surface area contributed by atoms with Crippen LogP contribution < -0.4 is 5.73 Å². The summed E-state index contributed by atoms with van der Waals surface area (Å²) in [5.41, 5.74) is 4.55. The molecule has 7 heteroatoms. The number of benzene rings is 1. The minimum atomic E-state index is -4.34. The Morgan fingerprint density at radius 3 is 1.84 bits per heavy atom. The minimum Gasteiger partial charge on any atom is -0.394 e. The Kier molecular flexibility index (Phi) is 6.79. The topological polar surface area (TPSA) is 66.5 Å². The number of aliphatic hydroxyl groups excluding tert-OH is 2. The molecule has 0 aromatic heterocycles. The molecule has 0 bridgehead atoms. The Morgan fingerprint density at radius 1 is 1.00 bits per heavy atom. The number of rotatable bonds is 5. The second-order valence-electron chi connectivity index (χ2n) is 4.37. The van der Waals surface area contributed by atoms with Crippen molar-refractivity contribution in [1.29, 1.82) is 0 Å². The van der Waals surface area contributed by atoms with Crippen molar-refractivity contribution in [2.45, 2.75) is 24.6 Å². The third kappa shape index (κ3) is 5.36. The smallest absolute Gasteiger partial charge is 0.394 e. The summed E-state index contributed by atoms with van der Waals surface area (Å²) in [5, 5.41) is 18.0. The number of hydrogen-bond acceptors (Lipinski definition) is 3. The first-order valence-electron chi connectivity index (χ1n) is 5.47. The molecule has 0 unspecified atom stereocenters. The maximum Gasteiger partial charge on any atom is 0.416 e. The van der Waals surface area contributed by atoms with Gasteiger partial charge in [0.1, 0.15) is 0 Å². The van der Waals surface area contributed by atoms with Crippen molar-refractivity contribution in [3.05, 3.63) is 35.4 Å². The third-order valence-electron chi connectivity index (χ3n) is 2.82. The van der Waals surface area contributed by atoms with Crippen molar-refractivity contribution < 1.29 is 23.4 Å². The molecule has 0 spiro atoms. The van der Waals surface area contributed by atoms with Gasteiger partial charge >= 0.3 is 6.18 Å². The van der Waals surface area contributed by atoms with E-state index in [0.717, 1.165) is 12.1 Å². The van der Waals surface area contributed by atoms with Gasteiger partial charge in [-0.05, 0) is 30.5 Å². The first-order valence-corrected chi connectivity index (χ1v) is 5.47. The molecule has 3 nitrogen and oxygen atoms in total. The monoisotopic (exact) mass is 299 g/mol. The molecule has 0 heterocycles. The van der Waals surface area contributed by atoms with E-state index in [1.807, 2.05) is 0 Å². The molecule has 4 N–H and O–H groups in total. The van der Waals surface area contributed by atoms with Crippen LogP contribution in [-0.2, 0) is 12.6 Å². The molecule has 0 aliphatic heterocycles. The summed E-state index contributed by atoms with van der Waals surface area (Å²) in [4.78, 5) is 0. The molecule has 1 rings (SSSR count). The zero-order chi connectivity index (χ0) is 13.8. The summed E-state index contributed by atoms with van der Waals surface area (Å²) < 4.78 is 37.0. The zero-order valence-corrected chi connectivity index (χ0v) is 11.0. The molecule has 0 saturated carbocycles. The number of aliphatic hydroxyl groups is 2. The van der Waals surface area contributed by atoms with Crippen LogP contribution in [0.1, 0.15) is 17.5 Å². The van der Waals surface area contributed by atoms with Gasteiger partial charge in [-0.1, -0.05) is 12.1 Å². The van der Waals surface area contributed by atoms with Crippen LogP contribution in [0.4, 0.5) is 13.2 Å². The van der Waals surface area contributed by atoms with Gasteiger partial charge in [0.05, 0.1) is 24.3 Å². The number of hydrogen-bond donors (Lipinski definition) is 3. The zero-order valence-electron chi connectivity index (χ0n) is 10.2. The summed E-state index contributed by atoms with van der Waals surface area (Å²) in [5.74, 6) is 0. The first-order chi connectivity index (χ1) is 8.30. The van der Waals surface area contributed by atoms with Gasteiger partial charge in [0.15, 0.2) is 0 Å². The Balaban J connectivity index is 0.00000324. The molecule has 0 saturated heterocycles. The minimum absolute atomic E-state index is 0. The van der Waals surface area contributed by atoms with Crippen LogP contribution in [0.15, 0.2) is 24.3 Å². The highest BCUT2D eigenvalue weighted by molar-refractivity contribution is 5.85. The second-order valence-corrected chi connectivity index (χ2v) is 4.37. The Bertz CT molecular complexity index is 378. The van der Waals surface area contributed by atoms with Crippen LogP contribution in [0.5, 0.6) is 0 Å². The Morgan fingerprint density at radius 2 is 1.47 bits per heavy atom. The van der Waals surface area contributed by atoms with Gasteiger partial charge in [0, 0.05) is 0 Å². The van der Waals surface area contributed by atoms with Crippen molar-refractivity contribution in [2.24, 2.45) is 5.73 Å². The van der Waals surface area contributed by atoms with Crippen LogP contribution in [0, 0.1) is 0 Å². The van der Waals surface area contributed by atoms with Crippen molar-refractivity contribution in [3.63, 3.8) is 0 Å². The standard InChI is InChI=1S/C12H16F3NO2.ClH/c13-12(14,15)10-3-1-9(2-4-10)5-6-11(16,7-17)8-18;/h1-4,17-18H,5-8,16H2;1H. The third-order valence-corrected chi connectivity index (χ3v) is 2.82. The summed E-state index contributed by atoms with van der Waals surface area (Å²) >= 11 is 0. The number of alkyl halides is 3. The van der Waals surface area contributed by atoms with Crippen LogP contribution in [0.3, 0.4) is 0 Å². The fourth-order valence-corrected chi connectivity index (χ4v) is 1.46. The summed E-state index contributed by atoms with van der Waals surface area (Å²) in [6.45, 7) is -0.742. The highest BCUT2D eigenvalue weighted by Crippen LogP contribution is 2.29. The predicted molar refractivity (Wildman–Crippen MR) is 68.1 cm³/mol. The molecule has 0 radical (unpaired) electrons. The number of aryl methyl sites for hydroxylation is 1. The van der Waals surface area contributed by atoms with E-state index in [4.69, 9.17) is 15.9 Å². The van der Waals surface area contributed by atoms with Gasteiger partial charge < -0.3 is 15.9 Å². The van der Waals surface area contributed by atoms with Crippen LogP contribution in [0.2, 0.25) is 0 Å². The van der Waals surface area contributed by atoms with Gasteiger partial charge in [-0.3, -0.25) is 0 Å². The molecule has 1 aromatic rings. The van der Waals surface area contributed by atoms with Gasteiger partial charge in [-0.15, -0.1) is 12.4 Å². The molecule has 19 heavy (non-hydrogen) atoms. The van der Waals surface area contributed by atoms with E-state index >= 15 is 0 Å². The van der Waals surface area contributed by atoms with E-state index in [1.165, 1.54) is 12.1 Å². The molecular weight excluding hydrogens is 283 g/mol. The lowest BCUT2D eigenvalue weighted by Gasteiger charge is -2.24. The van der Waals surface area contributed by atoms with E-state index in [-0.39, 0.29) is 25.6 Å². The number of halogens is 4. The summed E-state index contributed by atoms with van der Waals surface area (Å²) in [6.07, 6.45) is -3.65. The highest BCUT2D eigenvalue weighted by Gasteiger charge is 2.30. The molecule has 0 fully saturated rings.